The Morgan fingerprint density at radius 3 is 2.70 bits per heavy atom. The first-order valence-corrected chi connectivity index (χ1v) is 9.86. The topological polar surface area (TPSA) is 42.0 Å². The largest absolute Gasteiger partial charge is 0.352 e. The van der Waals surface area contributed by atoms with Gasteiger partial charge >= 0.3 is 0 Å². The molecule has 2 aliphatic carbocycles. The molecule has 3 nitrogen and oxygen atoms in total. The maximum absolute atomic E-state index is 12.3. The lowest BCUT2D eigenvalue weighted by atomic mass is 10.1. The van der Waals surface area contributed by atoms with Crippen molar-refractivity contribution in [1.29, 1.82) is 0 Å². The number of hydrogen-bond donors (Lipinski definition) is 1. The number of carbonyl (C=O) groups is 1. The lowest BCUT2D eigenvalue weighted by Gasteiger charge is -2.17. The summed E-state index contributed by atoms with van der Waals surface area (Å²) in [5, 5.41) is 6.23. The molecule has 1 aromatic carbocycles. The van der Waals surface area contributed by atoms with E-state index in [1.165, 1.54) is 25.7 Å². The molecule has 0 atom stereocenters. The minimum absolute atomic E-state index is 0.125. The maximum Gasteiger partial charge on any atom is 0.226 e. The van der Waals surface area contributed by atoms with Crippen LogP contribution in [0.3, 0.4) is 0 Å². The Morgan fingerprint density at radius 1 is 1.30 bits per heavy atom. The van der Waals surface area contributed by atoms with E-state index in [4.69, 9.17) is 0 Å². The van der Waals surface area contributed by atoms with Gasteiger partial charge < -0.3 is 5.32 Å². The van der Waals surface area contributed by atoms with E-state index in [1.807, 2.05) is 23.6 Å². The van der Waals surface area contributed by atoms with Gasteiger partial charge in [-0.1, -0.05) is 28.1 Å². The third-order valence-electron chi connectivity index (χ3n) is 4.55. The molecule has 2 aliphatic rings. The van der Waals surface area contributed by atoms with Crippen LogP contribution in [-0.2, 0) is 11.2 Å². The van der Waals surface area contributed by atoms with Gasteiger partial charge in [-0.2, -0.15) is 0 Å². The fourth-order valence-electron chi connectivity index (χ4n) is 3.07. The number of aromatic nitrogens is 1. The van der Waals surface area contributed by atoms with Crippen molar-refractivity contribution in [3.8, 4) is 10.6 Å². The SMILES string of the molecule is O=C(Cc1csc(-c2cccc(Br)c2)n1)NC(C1CC1)C1CC1. The Labute approximate surface area is 148 Å². The molecule has 0 aliphatic heterocycles. The van der Waals surface area contributed by atoms with Crippen LogP contribution in [0.4, 0.5) is 0 Å². The molecule has 0 unspecified atom stereocenters. The second kappa shape index (κ2) is 6.36. The van der Waals surface area contributed by atoms with Crippen molar-refractivity contribution in [1.82, 2.24) is 10.3 Å². The highest BCUT2D eigenvalue weighted by Crippen LogP contribution is 2.44. The van der Waals surface area contributed by atoms with Crippen molar-refractivity contribution in [3.63, 3.8) is 0 Å². The highest BCUT2D eigenvalue weighted by Gasteiger charge is 2.42. The van der Waals surface area contributed by atoms with Gasteiger partial charge in [0.2, 0.25) is 5.91 Å². The zero-order chi connectivity index (χ0) is 15.8. The highest BCUT2D eigenvalue weighted by molar-refractivity contribution is 9.10. The summed E-state index contributed by atoms with van der Waals surface area (Å²) in [6.07, 6.45) is 5.52. The van der Waals surface area contributed by atoms with Crippen molar-refractivity contribution in [2.24, 2.45) is 11.8 Å². The second-order valence-electron chi connectivity index (χ2n) is 6.60. The number of hydrogen-bond acceptors (Lipinski definition) is 3. The minimum atomic E-state index is 0.125. The van der Waals surface area contributed by atoms with E-state index in [0.717, 1.165) is 32.6 Å². The zero-order valence-corrected chi connectivity index (χ0v) is 15.2. The summed E-state index contributed by atoms with van der Waals surface area (Å²) in [6, 6.07) is 8.53. The van der Waals surface area contributed by atoms with E-state index in [2.05, 4.69) is 32.3 Å². The van der Waals surface area contributed by atoms with E-state index < -0.39 is 0 Å². The van der Waals surface area contributed by atoms with Gasteiger partial charge in [-0.3, -0.25) is 4.79 Å². The van der Waals surface area contributed by atoms with Crippen LogP contribution in [0, 0.1) is 11.8 Å². The summed E-state index contributed by atoms with van der Waals surface area (Å²) < 4.78 is 1.04. The number of thiazole rings is 1. The van der Waals surface area contributed by atoms with Crippen LogP contribution in [0.2, 0.25) is 0 Å². The number of carbonyl (C=O) groups excluding carboxylic acids is 1. The first kappa shape index (κ1) is 15.3. The minimum Gasteiger partial charge on any atom is -0.352 e. The molecule has 4 rings (SSSR count). The van der Waals surface area contributed by atoms with Crippen molar-refractivity contribution >= 4 is 33.2 Å². The van der Waals surface area contributed by atoms with Crippen molar-refractivity contribution in [2.45, 2.75) is 38.1 Å². The summed E-state index contributed by atoms with van der Waals surface area (Å²) in [7, 11) is 0. The summed E-state index contributed by atoms with van der Waals surface area (Å²) in [5.41, 5.74) is 1.96. The normalized spacial score (nSPS) is 17.5. The lowest BCUT2D eigenvalue weighted by molar-refractivity contribution is -0.121. The first-order valence-electron chi connectivity index (χ1n) is 8.19. The predicted octanol–water partition coefficient (Wildman–Crippen LogP) is 4.42. The number of rotatable bonds is 6. The molecule has 1 amide bonds. The third-order valence-corrected chi connectivity index (χ3v) is 5.99. The molecule has 23 heavy (non-hydrogen) atoms. The molecule has 1 heterocycles. The molecule has 1 aromatic heterocycles. The lowest BCUT2D eigenvalue weighted by Crippen LogP contribution is -2.39. The highest BCUT2D eigenvalue weighted by atomic mass is 79.9. The Hall–Kier alpha value is -1.20. The van der Waals surface area contributed by atoms with Crippen molar-refractivity contribution in [2.75, 3.05) is 0 Å². The monoisotopic (exact) mass is 390 g/mol. The molecule has 0 saturated heterocycles. The first-order chi connectivity index (χ1) is 11.2. The van der Waals surface area contributed by atoms with E-state index >= 15 is 0 Å². The Morgan fingerprint density at radius 2 is 2.04 bits per heavy atom. The molecule has 1 N–H and O–H groups in total. The maximum atomic E-state index is 12.3. The molecule has 0 bridgehead atoms. The van der Waals surface area contributed by atoms with E-state index in [9.17, 15) is 4.79 Å². The van der Waals surface area contributed by atoms with Crippen LogP contribution < -0.4 is 5.32 Å². The van der Waals surface area contributed by atoms with Gasteiger partial charge in [0.05, 0.1) is 12.1 Å². The number of nitrogens with one attached hydrogen (secondary N) is 1. The Balaban J connectivity index is 1.40. The van der Waals surface area contributed by atoms with Crippen LogP contribution in [0.25, 0.3) is 10.6 Å². The van der Waals surface area contributed by atoms with Crippen LogP contribution in [0.1, 0.15) is 31.4 Å². The van der Waals surface area contributed by atoms with Crippen molar-refractivity contribution in [3.05, 3.63) is 39.8 Å². The van der Waals surface area contributed by atoms with Gasteiger partial charge in [0.25, 0.3) is 0 Å². The van der Waals surface area contributed by atoms with Gasteiger partial charge in [0.15, 0.2) is 0 Å². The standard InChI is InChI=1S/C18H19BrN2OS/c19-14-3-1-2-13(8-14)18-20-15(10-23-18)9-16(22)21-17(11-4-5-11)12-6-7-12/h1-3,8,10-12,17H,4-7,9H2,(H,21,22). The number of benzene rings is 1. The zero-order valence-electron chi connectivity index (χ0n) is 12.8. The summed E-state index contributed by atoms with van der Waals surface area (Å²) >= 11 is 5.08. The van der Waals surface area contributed by atoms with E-state index in [-0.39, 0.29) is 5.91 Å². The Kier molecular flexibility index (Phi) is 4.24. The molecule has 2 saturated carbocycles. The summed E-state index contributed by atoms with van der Waals surface area (Å²) in [4.78, 5) is 17.0. The molecule has 0 spiro atoms. The second-order valence-corrected chi connectivity index (χ2v) is 8.37. The Bertz CT molecular complexity index is 709. The van der Waals surface area contributed by atoms with Crippen LogP contribution in [0.5, 0.6) is 0 Å². The quantitative estimate of drug-likeness (QED) is 0.792. The van der Waals surface area contributed by atoms with Gasteiger partial charge in [0.1, 0.15) is 5.01 Å². The summed E-state index contributed by atoms with van der Waals surface area (Å²) in [6.45, 7) is 0. The predicted molar refractivity (Wildman–Crippen MR) is 96.3 cm³/mol. The van der Waals surface area contributed by atoms with Crippen LogP contribution in [-0.4, -0.2) is 16.9 Å². The number of halogens is 1. The smallest absolute Gasteiger partial charge is 0.226 e. The average molecular weight is 391 g/mol. The third kappa shape index (κ3) is 3.83. The molecular formula is C18H19BrN2OS. The molecule has 120 valence electrons. The molecule has 2 aromatic rings. The van der Waals surface area contributed by atoms with Gasteiger partial charge in [-0.05, 0) is 49.7 Å². The molecule has 5 heteroatoms. The van der Waals surface area contributed by atoms with Crippen LogP contribution in [0.15, 0.2) is 34.1 Å². The fourth-order valence-corrected chi connectivity index (χ4v) is 4.29. The number of amides is 1. The van der Waals surface area contributed by atoms with Gasteiger partial charge in [-0.15, -0.1) is 11.3 Å². The van der Waals surface area contributed by atoms with Gasteiger partial charge in [-0.25, -0.2) is 4.98 Å². The average Bonchev–Trinajstić information content (AvgIpc) is 3.44. The van der Waals surface area contributed by atoms with Crippen molar-refractivity contribution < 1.29 is 4.79 Å². The van der Waals surface area contributed by atoms with Gasteiger partial charge in [0, 0.05) is 21.5 Å². The van der Waals surface area contributed by atoms with E-state index in [0.29, 0.717) is 12.5 Å². The molecule has 0 radical (unpaired) electrons. The molecular weight excluding hydrogens is 372 g/mol. The van der Waals surface area contributed by atoms with Crippen LogP contribution >= 0.6 is 27.3 Å². The number of nitrogens with zero attached hydrogens (tertiary/aromatic N) is 1. The van der Waals surface area contributed by atoms with E-state index in [1.54, 1.807) is 11.3 Å². The summed E-state index contributed by atoms with van der Waals surface area (Å²) in [5.74, 6) is 1.60. The molecule has 2 fully saturated rings. The fraction of sp³-hybridized carbons (Fsp3) is 0.444.